The third-order valence-corrected chi connectivity index (χ3v) is 9.83. The second kappa shape index (κ2) is 45.5. The number of carboxylic acids is 1. The summed E-state index contributed by atoms with van der Waals surface area (Å²) in [6, 6.07) is 0. The van der Waals surface area contributed by atoms with Crippen molar-refractivity contribution >= 4 is 17.9 Å². The summed E-state index contributed by atoms with van der Waals surface area (Å²) in [6.45, 7) is 6.14. The van der Waals surface area contributed by atoms with Crippen molar-refractivity contribution in [2.24, 2.45) is 0 Å². The minimum atomic E-state index is -0.737. The molecule has 0 fully saturated rings. The van der Waals surface area contributed by atoms with Crippen molar-refractivity contribution in [3.8, 4) is 0 Å². The van der Waals surface area contributed by atoms with Gasteiger partial charge in [-0.15, -0.1) is 0 Å². The van der Waals surface area contributed by atoms with E-state index in [2.05, 4.69) is 13.8 Å². The summed E-state index contributed by atoms with van der Waals surface area (Å²) in [4.78, 5) is 35.5. The van der Waals surface area contributed by atoms with Crippen molar-refractivity contribution in [1.82, 2.24) is 4.90 Å². The van der Waals surface area contributed by atoms with E-state index in [0.29, 0.717) is 19.8 Å². The zero-order valence-corrected chi connectivity index (χ0v) is 35.3. The number of carbonyl (C=O) groups excluding carboxylic acids is 2. The molecular formula is C45H89NO6. The Labute approximate surface area is 323 Å². The SMILES string of the molecule is CCCCCCCCCCCCCCCCCCOC(=O)CCC(=O)OCCCCCCCCCCCCCCCCCC.CN(C)CCC(=O)O. The van der Waals surface area contributed by atoms with E-state index in [1.807, 2.05) is 19.0 Å². The number of hydrogen-bond acceptors (Lipinski definition) is 6. The first-order valence-corrected chi connectivity index (χ1v) is 22.5. The molecule has 310 valence electrons. The number of carboxylic acid groups (broad SMARTS) is 1. The van der Waals surface area contributed by atoms with Crippen LogP contribution in [-0.4, -0.2) is 61.8 Å². The molecule has 0 radical (unpaired) electrons. The van der Waals surface area contributed by atoms with Crippen LogP contribution in [0.3, 0.4) is 0 Å². The Morgan fingerprint density at radius 3 is 0.808 bits per heavy atom. The van der Waals surface area contributed by atoms with Crippen LogP contribution in [0.2, 0.25) is 0 Å². The Bertz CT molecular complexity index is 693. The number of carbonyl (C=O) groups is 3. The average molecular weight is 740 g/mol. The quantitative estimate of drug-likeness (QED) is 0.0494. The predicted molar refractivity (Wildman–Crippen MR) is 221 cm³/mol. The summed E-state index contributed by atoms with van der Waals surface area (Å²) in [5, 5.41) is 8.14. The highest BCUT2D eigenvalue weighted by Crippen LogP contribution is 2.15. The molecule has 0 aliphatic rings. The monoisotopic (exact) mass is 740 g/mol. The molecule has 0 aromatic heterocycles. The molecule has 0 saturated carbocycles. The van der Waals surface area contributed by atoms with Crippen molar-refractivity contribution in [3.63, 3.8) is 0 Å². The van der Waals surface area contributed by atoms with Gasteiger partial charge in [0.05, 0.1) is 32.5 Å². The fourth-order valence-electron chi connectivity index (χ4n) is 6.34. The minimum Gasteiger partial charge on any atom is -0.481 e. The van der Waals surface area contributed by atoms with Gasteiger partial charge in [-0.05, 0) is 26.9 Å². The molecule has 0 atom stereocenters. The van der Waals surface area contributed by atoms with Crippen LogP contribution >= 0.6 is 0 Å². The standard InChI is InChI=1S/C40H78O4.C5H11NO2/c1-3-5-7-9-11-13-15-17-19-21-23-25-27-29-31-33-37-43-39(41)35-36-40(42)44-38-34-32-30-28-26-24-22-20-18-16-14-12-10-8-6-4-2;1-6(2)4-3-5(7)8/h3-38H2,1-2H3;3-4H2,1-2H3,(H,7,8). The van der Waals surface area contributed by atoms with E-state index in [-0.39, 0.29) is 31.2 Å². The second-order valence-electron chi connectivity index (χ2n) is 15.5. The van der Waals surface area contributed by atoms with Gasteiger partial charge in [-0.1, -0.05) is 206 Å². The maximum atomic E-state index is 11.9. The summed E-state index contributed by atoms with van der Waals surface area (Å²) < 4.78 is 10.6. The maximum absolute atomic E-state index is 11.9. The van der Waals surface area contributed by atoms with Gasteiger partial charge < -0.3 is 19.5 Å². The molecule has 0 aliphatic heterocycles. The van der Waals surface area contributed by atoms with Gasteiger partial charge in [-0.25, -0.2) is 0 Å². The molecule has 0 heterocycles. The third kappa shape index (κ3) is 50.5. The van der Waals surface area contributed by atoms with Crippen molar-refractivity contribution in [1.29, 1.82) is 0 Å². The Balaban J connectivity index is 0. The largest absolute Gasteiger partial charge is 0.481 e. The van der Waals surface area contributed by atoms with E-state index in [0.717, 1.165) is 25.7 Å². The Kier molecular flexibility index (Phi) is 45.9. The highest BCUT2D eigenvalue weighted by atomic mass is 16.5. The predicted octanol–water partition coefficient (Wildman–Crippen LogP) is 13.4. The number of hydrogen-bond donors (Lipinski definition) is 1. The number of nitrogens with zero attached hydrogens (tertiary/aromatic N) is 1. The van der Waals surface area contributed by atoms with E-state index in [9.17, 15) is 14.4 Å². The molecule has 0 unspecified atom stereocenters. The number of ether oxygens (including phenoxy) is 2. The Hall–Kier alpha value is -1.63. The molecule has 0 spiro atoms. The summed E-state index contributed by atoms with van der Waals surface area (Å²) in [5.74, 6) is -1.28. The van der Waals surface area contributed by atoms with Gasteiger partial charge in [0.25, 0.3) is 0 Å². The van der Waals surface area contributed by atoms with Crippen LogP contribution in [0.1, 0.15) is 239 Å². The highest BCUT2D eigenvalue weighted by Gasteiger charge is 2.09. The van der Waals surface area contributed by atoms with Gasteiger partial charge in [0, 0.05) is 6.54 Å². The van der Waals surface area contributed by atoms with Gasteiger partial charge in [0.15, 0.2) is 0 Å². The maximum Gasteiger partial charge on any atom is 0.306 e. The van der Waals surface area contributed by atoms with Gasteiger partial charge in [0.2, 0.25) is 0 Å². The summed E-state index contributed by atoms with van der Waals surface area (Å²) in [7, 11) is 3.70. The van der Waals surface area contributed by atoms with Crippen LogP contribution in [0.5, 0.6) is 0 Å². The zero-order valence-electron chi connectivity index (χ0n) is 35.3. The van der Waals surface area contributed by atoms with Crippen LogP contribution in [0.25, 0.3) is 0 Å². The molecule has 0 bridgehead atoms. The van der Waals surface area contributed by atoms with Crippen molar-refractivity contribution < 1.29 is 29.0 Å². The van der Waals surface area contributed by atoms with Crippen LogP contribution in [0.4, 0.5) is 0 Å². The first-order valence-electron chi connectivity index (χ1n) is 22.5. The first kappa shape index (κ1) is 52.5. The van der Waals surface area contributed by atoms with E-state index in [4.69, 9.17) is 14.6 Å². The molecule has 7 nitrogen and oxygen atoms in total. The molecule has 0 amide bonds. The normalized spacial score (nSPS) is 11.0. The molecular weight excluding hydrogens is 650 g/mol. The first-order chi connectivity index (χ1) is 25.3. The molecule has 52 heavy (non-hydrogen) atoms. The minimum absolute atomic E-state index is 0.136. The smallest absolute Gasteiger partial charge is 0.306 e. The van der Waals surface area contributed by atoms with Crippen molar-refractivity contribution in [2.45, 2.75) is 239 Å². The van der Waals surface area contributed by atoms with Crippen molar-refractivity contribution in [2.75, 3.05) is 33.9 Å². The van der Waals surface area contributed by atoms with Gasteiger partial charge in [-0.3, -0.25) is 14.4 Å². The fourth-order valence-corrected chi connectivity index (χ4v) is 6.34. The lowest BCUT2D eigenvalue weighted by atomic mass is 10.0. The number of unbranched alkanes of at least 4 members (excludes halogenated alkanes) is 30. The van der Waals surface area contributed by atoms with Gasteiger partial charge in [0.1, 0.15) is 0 Å². The summed E-state index contributed by atoms with van der Waals surface area (Å²) in [5.41, 5.74) is 0. The second-order valence-corrected chi connectivity index (χ2v) is 15.5. The third-order valence-electron chi connectivity index (χ3n) is 9.83. The average Bonchev–Trinajstić information content (AvgIpc) is 3.12. The molecule has 7 heteroatoms. The molecule has 0 saturated heterocycles. The Morgan fingerprint density at radius 1 is 0.385 bits per heavy atom. The number of aliphatic carboxylic acids is 1. The van der Waals surface area contributed by atoms with Gasteiger partial charge in [-0.2, -0.15) is 0 Å². The lowest BCUT2D eigenvalue weighted by Crippen LogP contribution is -2.15. The topological polar surface area (TPSA) is 93.1 Å². The van der Waals surface area contributed by atoms with Crippen LogP contribution in [0, 0.1) is 0 Å². The van der Waals surface area contributed by atoms with E-state index in [1.165, 1.54) is 180 Å². The molecule has 0 aromatic carbocycles. The summed E-state index contributed by atoms with van der Waals surface area (Å²) >= 11 is 0. The van der Waals surface area contributed by atoms with E-state index < -0.39 is 5.97 Å². The number of rotatable bonds is 40. The Morgan fingerprint density at radius 2 is 0.615 bits per heavy atom. The van der Waals surface area contributed by atoms with Gasteiger partial charge >= 0.3 is 17.9 Å². The zero-order chi connectivity index (χ0) is 38.6. The van der Waals surface area contributed by atoms with Crippen LogP contribution in [0.15, 0.2) is 0 Å². The highest BCUT2D eigenvalue weighted by molar-refractivity contribution is 5.77. The molecule has 0 aliphatic carbocycles. The van der Waals surface area contributed by atoms with E-state index >= 15 is 0 Å². The number of esters is 2. The lowest BCUT2D eigenvalue weighted by Gasteiger charge is -2.07. The lowest BCUT2D eigenvalue weighted by molar-refractivity contribution is -0.150. The molecule has 0 aromatic rings. The van der Waals surface area contributed by atoms with Crippen LogP contribution < -0.4 is 0 Å². The van der Waals surface area contributed by atoms with Crippen molar-refractivity contribution in [3.05, 3.63) is 0 Å². The summed E-state index contributed by atoms with van der Waals surface area (Å²) in [6.07, 6.45) is 43.2. The fraction of sp³-hybridized carbons (Fsp3) is 0.933. The molecule has 0 rings (SSSR count). The van der Waals surface area contributed by atoms with Crippen LogP contribution in [-0.2, 0) is 23.9 Å². The van der Waals surface area contributed by atoms with E-state index in [1.54, 1.807) is 0 Å². The molecule has 1 N–H and O–H groups in total.